The van der Waals surface area contributed by atoms with Crippen LogP contribution in [0.2, 0.25) is 0 Å². The first-order valence-corrected chi connectivity index (χ1v) is 7.16. The number of hydrogen-bond acceptors (Lipinski definition) is 3. The molecule has 0 bridgehead atoms. The van der Waals surface area contributed by atoms with Crippen molar-refractivity contribution in [1.29, 1.82) is 0 Å². The van der Waals surface area contributed by atoms with E-state index in [0.717, 1.165) is 31.3 Å². The average molecular weight is 286 g/mol. The molecule has 1 aliphatic rings. The third-order valence-corrected chi connectivity index (χ3v) is 3.89. The van der Waals surface area contributed by atoms with Crippen LogP contribution in [0.3, 0.4) is 0 Å². The molecular formula is C16H18N2O3. The number of ether oxygens (including phenoxy) is 1. The topological polar surface area (TPSA) is 51.5 Å². The predicted octanol–water partition coefficient (Wildman–Crippen LogP) is 1.54. The number of carbonyl (C=O) groups is 1. The van der Waals surface area contributed by atoms with Gasteiger partial charge in [0.05, 0.1) is 5.39 Å². The number of amides is 1. The third kappa shape index (κ3) is 2.63. The molecular weight excluding hydrogens is 268 g/mol. The van der Waals surface area contributed by atoms with Crippen LogP contribution in [0.4, 0.5) is 0 Å². The van der Waals surface area contributed by atoms with E-state index in [-0.39, 0.29) is 18.1 Å². The van der Waals surface area contributed by atoms with Gasteiger partial charge in [-0.3, -0.25) is 9.59 Å². The van der Waals surface area contributed by atoms with E-state index in [9.17, 15) is 9.59 Å². The second kappa shape index (κ2) is 5.60. The van der Waals surface area contributed by atoms with Crippen molar-refractivity contribution in [3.05, 3.63) is 40.8 Å². The van der Waals surface area contributed by atoms with Crippen molar-refractivity contribution >= 4 is 16.7 Å². The molecule has 5 heteroatoms. The first-order valence-electron chi connectivity index (χ1n) is 7.16. The first-order chi connectivity index (χ1) is 10.2. The highest BCUT2D eigenvalue weighted by Crippen LogP contribution is 2.23. The van der Waals surface area contributed by atoms with Crippen molar-refractivity contribution in [3.63, 3.8) is 0 Å². The van der Waals surface area contributed by atoms with E-state index in [4.69, 9.17) is 4.74 Å². The molecule has 0 atom stereocenters. The molecule has 0 spiro atoms. The van der Waals surface area contributed by atoms with E-state index in [2.05, 4.69) is 0 Å². The average Bonchev–Trinajstić information content (AvgIpc) is 3.03. The summed E-state index contributed by atoms with van der Waals surface area (Å²) in [5, 5.41) is 1.35. The lowest BCUT2D eigenvalue weighted by Crippen LogP contribution is -2.32. The molecule has 1 aliphatic heterocycles. The first kappa shape index (κ1) is 13.7. The van der Waals surface area contributed by atoms with Crippen LogP contribution in [0, 0.1) is 0 Å². The molecule has 3 rings (SSSR count). The van der Waals surface area contributed by atoms with Gasteiger partial charge in [-0.1, -0.05) is 6.07 Å². The van der Waals surface area contributed by atoms with Gasteiger partial charge < -0.3 is 14.2 Å². The van der Waals surface area contributed by atoms with E-state index in [1.54, 1.807) is 31.4 Å². The molecule has 0 N–H and O–H groups in total. The van der Waals surface area contributed by atoms with Crippen molar-refractivity contribution < 1.29 is 9.53 Å². The van der Waals surface area contributed by atoms with Gasteiger partial charge in [-0.25, -0.2) is 0 Å². The number of pyridine rings is 1. The van der Waals surface area contributed by atoms with E-state index in [1.165, 1.54) is 4.57 Å². The summed E-state index contributed by atoms with van der Waals surface area (Å²) in [4.78, 5) is 25.9. The van der Waals surface area contributed by atoms with Crippen molar-refractivity contribution in [2.24, 2.45) is 7.05 Å². The molecule has 0 saturated carbocycles. The number of carbonyl (C=O) groups excluding carboxylic acids is 1. The van der Waals surface area contributed by atoms with Gasteiger partial charge in [0.25, 0.3) is 11.5 Å². The molecule has 1 aromatic heterocycles. The number of aromatic nitrogens is 1. The highest BCUT2D eigenvalue weighted by Gasteiger charge is 2.18. The molecule has 1 fully saturated rings. The van der Waals surface area contributed by atoms with Crippen LogP contribution >= 0.6 is 0 Å². The summed E-state index contributed by atoms with van der Waals surface area (Å²) in [6.07, 6.45) is 3.84. The third-order valence-electron chi connectivity index (χ3n) is 3.89. The maximum atomic E-state index is 12.1. The zero-order chi connectivity index (χ0) is 14.8. The highest BCUT2D eigenvalue weighted by molar-refractivity contribution is 5.88. The van der Waals surface area contributed by atoms with Gasteiger partial charge in [-0.05, 0) is 31.0 Å². The number of aryl methyl sites for hydroxylation is 1. The second-order valence-electron chi connectivity index (χ2n) is 5.33. The molecule has 21 heavy (non-hydrogen) atoms. The van der Waals surface area contributed by atoms with Gasteiger partial charge in [-0.15, -0.1) is 0 Å². The number of benzene rings is 1. The fraction of sp³-hybridized carbons (Fsp3) is 0.375. The minimum absolute atomic E-state index is 0.00772. The molecule has 0 unspecified atom stereocenters. The summed E-state index contributed by atoms with van der Waals surface area (Å²) in [6, 6.07) is 7.18. The van der Waals surface area contributed by atoms with Gasteiger partial charge in [0.15, 0.2) is 6.61 Å². The van der Waals surface area contributed by atoms with Crippen LogP contribution in [-0.4, -0.2) is 35.1 Å². The molecule has 0 radical (unpaired) electrons. The number of hydrogen-bond donors (Lipinski definition) is 0. The standard InChI is InChI=1S/C16H18N2O3/c1-17-10-7-12-13(16(17)20)5-4-6-14(12)21-11-15(19)18-8-2-3-9-18/h4-7,10H,2-3,8-9,11H2,1H3. The maximum absolute atomic E-state index is 12.1. The molecule has 0 aliphatic carbocycles. The minimum atomic E-state index is -0.0659. The Morgan fingerprint density at radius 3 is 2.71 bits per heavy atom. The highest BCUT2D eigenvalue weighted by atomic mass is 16.5. The monoisotopic (exact) mass is 286 g/mol. The van der Waals surface area contributed by atoms with Gasteiger partial charge in [0, 0.05) is 31.7 Å². The SMILES string of the molecule is Cn1ccc2c(OCC(=O)N3CCCC3)cccc2c1=O. The largest absolute Gasteiger partial charge is 0.483 e. The Hall–Kier alpha value is -2.30. The Labute approximate surface area is 122 Å². The fourth-order valence-corrected chi connectivity index (χ4v) is 2.67. The summed E-state index contributed by atoms with van der Waals surface area (Å²) < 4.78 is 7.18. The molecule has 1 aromatic carbocycles. The zero-order valence-corrected chi connectivity index (χ0v) is 12.0. The maximum Gasteiger partial charge on any atom is 0.260 e. The summed E-state index contributed by atoms with van der Waals surface area (Å²) in [7, 11) is 1.71. The van der Waals surface area contributed by atoms with E-state index >= 15 is 0 Å². The van der Waals surface area contributed by atoms with Crippen LogP contribution in [0.5, 0.6) is 5.75 Å². The van der Waals surface area contributed by atoms with Crippen LogP contribution in [0.1, 0.15) is 12.8 Å². The number of likely N-dealkylation sites (tertiary alicyclic amines) is 1. The van der Waals surface area contributed by atoms with Crippen molar-refractivity contribution in [2.75, 3.05) is 19.7 Å². The molecule has 5 nitrogen and oxygen atoms in total. The molecule has 1 saturated heterocycles. The van der Waals surface area contributed by atoms with Gasteiger partial charge in [0.2, 0.25) is 0 Å². The normalized spacial score (nSPS) is 14.6. The molecule has 110 valence electrons. The quantitative estimate of drug-likeness (QED) is 0.860. The zero-order valence-electron chi connectivity index (χ0n) is 12.0. The molecule has 1 amide bonds. The summed E-state index contributed by atoms with van der Waals surface area (Å²) in [6.45, 7) is 1.66. The van der Waals surface area contributed by atoms with Crippen LogP contribution in [0.15, 0.2) is 35.3 Å². The van der Waals surface area contributed by atoms with Crippen LogP contribution < -0.4 is 10.3 Å². The van der Waals surface area contributed by atoms with Crippen molar-refractivity contribution in [3.8, 4) is 5.75 Å². The van der Waals surface area contributed by atoms with Crippen LogP contribution in [-0.2, 0) is 11.8 Å². The lowest BCUT2D eigenvalue weighted by atomic mass is 10.1. The Morgan fingerprint density at radius 2 is 1.95 bits per heavy atom. The Balaban J connectivity index is 1.82. The van der Waals surface area contributed by atoms with Gasteiger partial charge >= 0.3 is 0 Å². The lowest BCUT2D eigenvalue weighted by Gasteiger charge is -2.16. The number of nitrogens with zero attached hydrogens (tertiary/aromatic N) is 2. The van der Waals surface area contributed by atoms with E-state index in [0.29, 0.717) is 11.1 Å². The van der Waals surface area contributed by atoms with Crippen molar-refractivity contribution in [2.45, 2.75) is 12.8 Å². The Kier molecular flexibility index (Phi) is 3.64. The summed E-state index contributed by atoms with van der Waals surface area (Å²) in [5.41, 5.74) is -0.0659. The summed E-state index contributed by atoms with van der Waals surface area (Å²) in [5.74, 6) is 0.589. The molecule has 2 aromatic rings. The van der Waals surface area contributed by atoms with Crippen LogP contribution in [0.25, 0.3) is 10.8 Å². The fourth-order valence-electron chi connectivity index (χ4n) is 2.67. The Morgan fingerprint density at radius 1 is 1.19 bits per heavy atom. The molecule has 2 heterocycles. The van der Waals surface area contributed by atoms with Gasteiger partial charge in [0.1, 0.15) is 5.75 Å². The number of fused-ring (bicyclic) bond motifs is 1. The second-order valence-corrected chi connectivity index (χ2v) is 5.33. The van der Waals surface area contributed by atoms with E-state index < -0.39 is 0 Å². The van der Waals surface area contributed by atoms with E-state index in [1.807, 2.05) is 11.0 Å². The summed E-state index contributed by atoms with van der Waals surface area (Å²) >= 11 is 0. The van der Waals surface area contributed by atoms with Crippen molar-refractivity contribution in [1.82, 2.24) is 9.47 Å². The minimum Gasteiger partial charge on any atom is -0.483 e. The lowest BCUT2D eigenvalue weighted by molar-refractivity contribution is -0.132. The smallest absolute Gasteiger partial charge is 0.260 e. The number of rotatable bonds is 3. The Bertz CT molecular complexity index is 730. The predicted molar refractivity (Wildman–Crippen MR) is 80.5 cm³/mol. The van der Waals surface area contributed by atoms with Gasteiger partial charge in [-0.2, -0.15) is 0 Å².